The van der Waals surface area contributed by atoms with Crippen LogP contribution in [0, 0.1) is 5.92 Å². The van der Waals surface area contributed by atoms with Crippen LogP contribution in [0.3, 0.4) is 0 Å². The number of halogens is 2. The molecule has 2 heterocycles. The van der Waals surface area contributed by atoms with E-state index in [1.165, 1.54) is 11.0 Å². The van der Waals surface area contributed by atoms with Gasteiger partial charge in [-0.1, -0.05) is 23.2 Å². The summed E-state index contributed by atoms with van der Waals surface area (Å²) >= 11 is 12.1. The molecular formula is C18H19Cl2N3O3. The minimum Gasteiger partial charge on any atom is -0.332 e. The van der Waals surface area contributed by atoms with Crippen molar-refractivity contribution >= 4 is 41.0 Å². The van der Waals surface area contributed by atoms with Crippen LogP contribution in [-0.4, -0.2) is 28.3 Å². The molecule has 1 aliphatic carbocycles. The molecule has 138 valence electrons. The third-order valence-corrected chi connectivity index (χ3v) is 6.14. The zero-order chi connectivity index (χ0) is 20.4. The lowest BCUT2D eigenvalue weighted by Gasteiger charge is -2.28. The minimum atomic E-state index is -2.05. The topological polar surface area (TPSA) is 78.5 Å². The van der Waals surface area contributed by atoms with Crippen molar-refractivity contribution in [3.63, 3.8) is 0 Å². The van der Waals surface area contributed by atoms with Crippen LogP contribution in [0.1, 0.15) is 52.5 Å². The molecule has 3 aliphatic rings. The fourth-order valence-electron chi connectivity index (χ4n) is 3.82. The van der Waals surface area contributed by atoms with Crippen molar-refractivity contribution in [2.45, 2.75) is 50.7 Å². The normalized spacial score (nSPS) is 30.4. The summed E-state index contributed by atoms with van der Waals surface area (Å²) in [5.41, 5.74) is -0.162. The minimum absolute atomic E-state index is 0.00863. The zero-order valence-corrected chi connectivity index (χ0v) is 15.6. The van der Waals surface area contributed by atoms with Gasteiger partial charge >= 0.3 is 6.03 Å². The van der Waals surface area contributed by atoms with Crippen LogP contribution in [0.5, 0.6) is 0 Å². The monoisotopic (exact) mass is 397 g/mol. The first-order valence-corrected chi connectivity index (χ1v) is 9.28. The van der Waals surface area contributed by atoms with Gasteiger partial charge in [-0.3, -0.25) is 14.9 Å². The Balaban J connectivity index is 1.57. The van der Waals surface area contributed by atoms with Gasteiger partial charge in [-0.05, 0) is 55.4 Å². The van der Waals surface area contributed by atoms with Crippen LogP contribution in [0.2, 0.25) is 10.0 Å². The van der Waals surface area contributed by atoms with Gasteiger partial charge in [0.15, 0.2) is 0 Å². The highest BCUT2D eigenvalue weighted by Crippen LogP contribution is 2.44. The number of nitrogens with one attached hydrogen (secondary N) is 2. The molecule has 2 N–H and O–H groups in total. The lowest BCUT2D eigenvalue weighted by atomic mass is 9.87. The SMILES string of the molecule is [2H]C1([2H])c2cc(Cl)c(Cl)cc2[C@H](C)N1C(=O)CC[C@@]1(C2CC2)NC(=O)NC1=O. The van der Waals surface area contributed by atoms with Crippen LogP contribution in [0.15, 0.2) is 12.1 Å². The second-order valence-corrected chi connectivity index (χ2v) is 7.87. The van der Waals surface area contributed by atoms with Crippen molar-refractivity contribution < 1.29 is 17.1 Å². The highest BCUT2D eigenvalue weighted by atomic mass is 35.5. The van der Waals surface area contributed by atoms with Gasteiger partial charge in [-0.25, -0.2) is 4.79 Å². The standard InChI is InChI=1S/C18H19Cl2N3O3/c1-9-12-7-14(20)13(19)6-10(12)8-23(9)15(24)4-5-18(11-2-3-11)16(25)21-17(26)22-18/h6-7,9,11H,2-5,8H2,1H3,(H2,21,22,25,26)/t9-,18-/m0/s1/i8D2. The number of urea groups is 1. The Kier molecular flexibility index (Phi) is 3.61. The predicted octanol–water partition coefficient (Wildman–Crippen LogP) is 3.17. The van der Waals surface area contributed by atoms with Crippen molar-refractivity contribution in [1.82, 2.24) is 15.5 Å². The average Bonchev–Trinajstić information content (AvgIpc) is 3.38. The highest BCUT2D eigenvalue weighted by molar-refractivity contribution is 6.42. The van der Waals surface area contributed by atoms with Crippen molar-refractivity contribution in [2.24, 2.45) is 5.92 Å². The van der Waals surface area contributed by atoms with E-state index in [9.17, 15) is 14.4 Å². The number of fused-ring (bicyclic) bond motifs is 1. The van der Waals surface area contributed by atoms with E-state index >= 15 is 0 Å². The lowest BCUT2D eigenvalue weighted by Crippen LogP contribution is -2.49. The Morgan fingerprint density at radius 2 is 2.04 bits per heavy atom. The maximum absolute atomic E-state index is 13.0. The molecule has 1 aromatic carbocycles. The first-order chi connectivity index (χ1) is 13.1. The van der Waals surface area contributed by atoms with Gasteiger partial charge in [0.25, 0.3) is 5.91 Å². The third kappa shape index (κ3) is 2.76. The van der Waals surface area contributed by atoms with Crippen LogP contribution < -0.4 is 10.6 Å². The first-order valence-electron chi connectivity index (χ1n) is 9.53. The van der Waals surface area contributed by atoms with E-state index in [0.717, 1.165) is 12.8 Å². The van der Waals surface area contributed by atoms with Crippen molar-refractivity contribution in [2.75, 3.05) is 0 Å². The molecule has 1 aromatic rings. The summed E-state index contributed by atoms with van der Waals surface area (Å²) in [7, 11) is 0. The Morgan fingerprint density at radius 3 is 2.65 bits per heavy atom. The molecule has 2 atom stereocenters. The molecule has 2 aliphatic heterocycles. The van der Waals surface area contributed by atoms with E-state index < -0.39 is 35.9 Å². The zero-order valence-electron chi connectivity index (χ0n) is 16.1. The number of nitrogens with zero attached hydrogens (tertiary/aromatic N) is 1. The Bertz CT molecular complexity index is 906. The van der Waals surface area contributed by atoms with Gasteiger partial charge in [0, 0.05) is 12.9 Å². The number of hydrogen-bond donors (Lipinski definition) is 2. The van der Waals surface area contributed by atoms with E-state index in [-0.39, 0.29) is 23.8 Å². The second-order valence-electron chi connectivity index (χ2n) is 7.06. The number of carbonyl (C=O) groups is 3. The maximum atomic E-state index is 13.0. The van der Waals surface area contributed by atoms with Crippen LogP contribution in [-0.2, 0) is 16.1 Å². The molecule has 0 radical (unpaired) electrons. The molecule has 0 spiro atoms. The number of imide groups is 1. The van der Waals surface area contributed by atoms with Gasteiger partial charge in [0.05, 0.1) is 18.8 Å². The molecule has 26 heavy (non-hydrogen) atoms. The molecule has 2 fully saturated rings. The molecule has 1 saturated heterocycles. The lowest BCUT2D eigenvalue weighted by molar-refractivity contribution is -0.134. The number of hydrogen-bond acceptors (Lipinski definition) is 3. The summed E-state index contributed by atoms with van der Waals surface area (Å²) in [6.45, 7) is -0.319. The number of rotatable bonds is 4. The number of amides is 4. The summed E-state index contributed by atoms with van der Waals surface area (Å²) in [5.74, 6) is -0.837. The summed E-state index contributed by atoms with van der Waals surface area (Å²) < 4.78 is 17.0. The van der Waals surface area contributed by atoms with Crippen LogP contribution in [0.25, 0.3) is 0 Å². The van der Waals surface area contributed by atoms with Gasteiger partial charge in [-0.2, -0.15) is 0 Å². The molecule has 0 unspecified atom stereocenters. The fraction of sp³-hybridized carbons (Fsp3) is 0.500. The third-order valence-electron chi connectivity index (χ3n) is 5.42. The number of carbonyl (C=O) groups excluding carboxylic acids is 3. The fourth-order valence-corrected chi connectivity index (χ4v) is 4.16. The smallest absolute Gasteiger partial charge is 0.322 e. The summed E-state index contributed by atoms with van der Waals surface area (Å²) in [5, 5.41) is 5.47. The predicted molar refractivity (Wildman–Crippen MR) is 96.8 cm³/mol. The Morgan fingerprint density at radius 1 is 1.35 bits per heavy atom. The molecule has 6 nitrogen and oxygen atoms in total. The Hall–Kier alpha value is -1.79. The van der Waals surface area contributed by atoms with Crippen LogP contribution >= 0.6 is 23.2 Å². The summed E-state index contributed by atoms with van der Waals surface area (Å²) in [6, 6.07) is 1.96. The molecule has 1 saturated carbocycles. The van der Waals surface area contributed by atoms with Gasteiger partial charge < -0.3 is 10.2 Å². The molecule has 0 bridgehead atoms. The molecule has 4 rings (SSSR count). The summed E-state index contributed by atoms with van der Waals surface area (Å²) in [4.78, 5) is 38.2. The van der Waals surface area contributed by atoms with E-state index in [4.69, 9.17) is 25.9 Å². The van der Waals surface area contributed by atoms with Crippen molar-refractivity contribution in [1.29, 1.82) is 0 Å². The largest absolute Gasteiger partial charge is 0.332 e. The van der Waals surface area contributed by atoms with Gasteiger partial charge in [-0.15, -0.1) is 0 Å². The summed E-state index contributed by atoms with van der Waals surface area (Å²) in [6.07, 6.45) is 1.69. The quantitative estimate of drug-likeness (QED) is 0.765. The molecule has 8 heteroatoms. The Labute approximate surface area is 164 Å². The van der Waals surface area contributed by atoms with E-state index in [0.29, 0.717) is 16.1 Å². The van der Waals surface area contributed by atoms with Gasteiger partial charge in [0.1, 0.15) is 5.54 Å². The van der Waals surface area contributed by atoms with E-state index in [2.05, 4.69) is 10.6 Å². The average molecular weight is 398 g/mol. The maximum Gasteiger partial charge on any atom is 0.322 e. The van der Waals surface area contributed by atoms with E-state index in [1.807, 2.05) is 0 Å². The van der Waals surface area contributed by atoms with Crippen molar-refractivity contribution in [3.8, 4) is 0 Å². The first kappa shape index (κ1) is 15.3. The molecular weight excluding hydrogens is 377 g/mol. The van der Waals surface area contributed by atoms with Crippen LogP contribution in [0.4, 0.5) is 4.79 Å². The van der Waals surface area contributed by atoms with Crippen molar-refractivity contribution in [3.05, 3.63) is 33.3 Å². The molecule has 0 aromatic heterocycles. The molecule has 4 amide bonds. The van der Waals surface area contributed by atoms with E-state index in [1.54, 1.807) is 13.0 Å². The van der Waals surface area contributed by atoms with Gasteiger partial charge in [0.2, 0.25) is 5.91 Å². The number of benzene rings is 1. The second kappa shape index (κ2) is 6.13. The highest BCUT2D eigenvalue weighted by Gasteiger charge is 2.55.